The zero-order chi connectivity index (χ0) is 24.8. The molecule has 7 heteroatoms. The van der Waals surface area contributed by atoms with Crippen molar-refractivity contribution in [3.05, 3.63) is 59.7 Å². The number of carboxylic acid groups (broad SMARTS) is 1. The molecule has 0 aromatic heterocycles. The van der Waals surface area contributed by atoms with Crippen LogP contribution in [0.15, 0.2) is 48.5 Å². The molecular formula is C28H30N2O5. The molecule has 0 spiro atoms. The Hall–Kier alpha value is -3.79. The van der Waals surface area contributed by atoms with E-state index in [1.165, 1.54) is 0 Å². The van der Waals surface area contributed by atoms with Gasteiger partial charge in [-0.15, -0.1) is 11.8 Å². The van der Waals surface area contributed by atoms with E-state index in [0.717, 1.165) is 35.1 Å². The van der Waals surface area contributed by atoms with Crippen molar-refractivity contribution < 1.29 is 24.2 Å². The number of ether oxygens (including phenoxy) is 1. The second kappa shape index (κ2) is 11.1. The fourth-order valence-electron chi connectivity index (χ4n) is 5.02. The average Bonchev–Trinajstić information content (AvgIpc) is 3.15. The van der Waals surface area contributed by atoms with Crippen LogP contribution >= 0.6 is 0 Å². The first-order valence-corrected chi connectivity index (χ1v) is 12.0. The van der Waals surface area contributed by atoms with Crippen molar-refractivity contribution >= 4 is 18.0 Å². The maximum Gasteiger partial charge on any atom is 0.407 e. The van der Waals surface area contributed by atoms with Gasteiger partial charge in [-0.25, -0.2) is 4.79 Å². The number of aliphatic carboxylic acids is 1. The highest BCUT2D eigenvalue weighted by Crippen LogP contribution is 2.44. The molecule has 2 aromatic carbocycles. The minimum absolute atomic E-state index is 0.0618. The molecule has 2 amide bonds. The van der Waals surface area contributed by atoms with Gasteiger partial charge in [-0.1, -0.05) is 48.5 Å². The maximum atomic E-state index is 12.7. The Kier molecular flexibility index (Phi) is 7.71. The van der Waals surface area contributed by atoms with Crippen LogP contribution in [0.3, 0.4) is 0 Å². The van der Waals surface area contributed by atoms with Crippen molar-refractivity contribution in [1.29, 1.82) is 0 Å². The van der Waals surface area contributed by atoms with Crippen molar-refractivity contribution in [2.45, 2.75) is 44.6 Å². The monoisotopic (exact) mass is 474 g/mol. The lowest BCUT2D eigenvalue weighted by molar-refractivity contribution is -0.139. The van der Waals surface area contributed by atoms with E-state index < -0.39 is 18.1 Å². The molecule has 182 valence electrons. The smallest absolute Gasteiger partial charge is 0.407 e. The van der Waals surface area contributed by atoms with E-state index >= 15 is 0 Å². The lowest BCUT2D eigenvalue weighted by atomic mass is 9.73. The van der Waals surface area contributed by atoms with Crippen LogP contribution in [0, 0.1) is 23.7 Å². The van der Waals surface area contributed by atoms with Gasteiger partial charge in [0.15, 0.2) is 0 Å². The number of nitrogens with one attached hydrogen (secondary N) is 2. The first-order chi connectivity index (χ1) is 17.0. The summed E-state index contributed by atoms with van der Waals surface area (Å²) in [4.78, 5) is 36.2. The third kappa shape index (κ3) is 5.83. The Morgan fingerprint density at radius 3 is 2.26 bits per heavy atom. The summed E-state index contributed by atoms with van der Waals surface area (Å²) >= 11 is 0. The van der Waals surface area contributed by atoms with E-state index in [4.69, 9.17) is 9.84 Å². The summed E-state index contributed by atoms with van der Waals surface area (Å²) in [7, 11) is 0. The van der Waals surface area contributed by atoms with Gasteiger partial charge in [-0.2, -0.15) is 0 Å². The number of amides is 2. The number of carboxylic acids is 1. The maximum absolute atomic E-state index is 12.7. The Labute approximate surface area is 205 Å². The van der Waals surface area contributed by atoms with Gasteiger partial charge >= 0.3 is 12.1 Å². The normalized spacial score (nSPS) is 18.7. The number of carbonyl (C=O) groups is 3. The van der Waals surface area contributed by atoms with E-state index in [-0.39, 0.29) is 43.1 Å². The quantitative estimate of drug-likeness (QED) is 0.478. The van der Waals surface area contributed by atoms with Gasteiger partial charge in [-0.05, 0) is 53.9 Å². The Morgan fingerprint density at radius 1 is 1.03 bits per heavy atom. The first-order valence-electron chi connectivity index (χ1n) is 12.0. The fourth-order valence-corrected chi connectivity index (χ4v) is 5.02. The van der Waals surface area contributed by atoms with Crippen molar-refractivity contribution in [1.82, 2.24) is 10.6 Å². The van der Waals surface area contributed by atoms with Crippen molar-refractivity contribution in [2.75, 3.05) is 13.2 Å². The largest absolute Gasteiger partial charge is 0.481 e. The van der Waals surface area contributed by atoms with Gasteiger partial charge < -0.3 is 20.5 Å². The second-order valence-corrected chi connectivity index (χ2v) is 9.20. The molecule has 2 aromatic rings. The molecule has 0 heterocycles. The zero-order valence-electron chi connectivity index (χ0n) is 19.8. The molecule has 0 bridgehead atoms. The molecule has 1 unspecified atom stereocenters. The summed E-state index contributed by atoms with van der Waals surface area (Å²) in [5.74, 6) is 4.88. The molecule has 35 heavy (non-hydrogen) atoms. The van der Waals surface area contributed by atoms with Crippen LogP contribution in [-0.4, -0.2) is 42.3 Å². The van der Waals surface area contributed by atoms with E-state index in [2.05, 4.69) is 46.7 Å². The molecule has 1 atom stereocenters. The Bertz CT molecular complexity index is 1110. The highest BCUT2D eigenvalue weighted by atomic mass is 16.5. The van der Waals surface area contributed by atoms with Crippen LogP contribution in [0.25, 0.3) is 11.1 Å². The number of carbonyl (C=O) groups excluding carboxylic acids is 2. The molecule has 2 aliphatic carbocycles. The molecule has 1 saturated carbocycles. The van der Waals surface area contributed by atoms with Crippen molar-refractivity contribution in [2.24, 2.45) is 11.8 Å². The summed E-state index contributed by atoms with van der Waals surface area (Å²) in [6.45, 7) is 2.30. The van der Waals surface area contributed by atoms with Crippen LogP contribution in [0.4, 0.5) is 4.79 Å². The lowest BCUT2D eigenvalue weighted by Gasteiger charge is -2.34. The fraction of sp³-hybridized carbons (Fsp3) is 0.393. The average molecular weight is 475 g/mol. The third-order valence-electron chi connectivity index (χ3n) is 6.80. The molecule has 4 rings (SSSR count). The second-order valence-electron chi connectivity index (χ2n) is 9.20. The van der Waals surface area contributed by atoms with Crippen LogP contribution < -0.4 is 10.6 Å². The molecule has 3 N–H and O–H groups in total. The highest BCUT2D eigenvalue weighted by molar-refractivity contribution is 5.86. The zero-order valence-corrected chi connectivity index (χ0v) is 19.8. The van der Waals surface area contributed by atoms with E-state index in [1.54, 1.807) is 6.92 Å². The number of hydrogen-bond donors (Lipinski definition) is 3. The summed E-state index contributed by atoms with van der Waals surface area (Å²) in [6.07, 6.45) is 1.26. The molecule has 0 radical (unpaired) electrons. The number of benzene rings is 2. The summed E-state index contributed by atoms with van der Waals surface area (Å²) in [6, 6.07) is 15.4. The summed E-state index contributed by atoms with van der Waals surface area (Å²) < 4.78 is 5.58. The van der Waals surface area contributed by atoms with E-state index in [9.17, 15) is 14.4 Å². The van der Waals surface area contributed by atoms with Crippen LogP contribution in [0.1, 0.15) is 49.7 Å². The van der Waals surface area contributed by atoms with Gasteiger partial charge in [-0.3, -0.25) is 9.59 Å². The van der Waals surface area contributed by atoms with Crippen LogP contribution in [0.2, 0.25) is 0 Å². The third-order valence-corrected chi connectivity index (χ3v) is 6.80. The minimum Gasteiger partial charge on any atom is -0.481 e. The number of hydrogen-bond acceptors (Lipinski definition) is 4. The lowest BCUT2D eigenvalue weighted by Crippen LogP contribution is -2.48. The van der Waals surface area contributed by atoms with Gasteiger partial charge in [0.2, 0.25) is 5.91 Å². The van der Waals surface area contributed by atoms with Crippen LogP contribution in [-0.2, 0) is 14.3 Å². The van der Waals surface area contributed by atoms with Gasteiger partial charge in [0.25, 0.3) is 0 Å². The van der Waals surface area contributed by atoms with Gasteiger partial charge in [0, 0.05) is 25.3 Å². The van der Waals surface area contributed by atoms with Gasteiger partial charge in [0.1, 0.15) is 12.6 Å². The predicted octanol–water partition coefficient (Wildman–Crippen LogP) is 3.92. The van der Waals surface area contributed by atoms with Crippen LogP contribution in [0.5, 0.6) is 0 Å². The Morgan fingerprint density at radius 2 is 1.66 bits per heavy atom. The molecular weight excluding hydrogens is 444 g/mol. The minimum atomic E-state index is -0.826. The molecule has 0 aliphatic heterocycles. The number of alkyl carbamates (subject to hydrolysis) is 1. The van der Waals surface area contributed by atoms with Crippen molar-refractivity contribution in [3.8, 4) is 23.0 Å². The Balaban J connectivity index is 1.31. The first kappa shape index (κ1) is 24.3. The van der Waals surface area contributed by atoms with E-state index in [0.29, 0.717) is 6.54 Å². The van der Waals surface area contributed by atoms with Crippen molar-refractivity contribution in [3.63, 3.8) is 0 Å². The van der Waals surface area contributed by atoms with Gasteiger partial charge in [0.05, 0.1) is 0 Å². The standard InChI is InChI=1S/C28H30N2O5/c1-2-3-12-25(27(33)29-16-19-13-18(14-19)15-26(31)32)30-28(34)35-17-24-22-10-6-4-8-20(22)21-9-5-7-11-23(21)24/h4-11,18-19,24-25H,12-17H2,1H3,(H,29,33)(H,30,34)(H,31,32). The summed E-state index contributed by atoms with van der Waals surface area (Å²) in [5.41, 5.74) is 4.53. The molecule has 1 fully saturated rings. The molecule has 2 aliphatic rings. The van der Waals surface area contributed by atoms with E-state index in [1.807, 2.05) is 24.3 Å². The molecule has 7 nitrogen and oxygen atoms in total. The molecule has 0 saturated heterocycles. The predicted molar refractivity (Wildman–Crippen MR) is 132 cm³/mol. The highest BCUT2D eigenvalue weighted by Gasteiger charge is 2.32. The number of fused-ring (bicyclic) bond motifs is 3. The summed E-state index contributed by atoms with van der Waals surface area (Å²) in [5, 5.41) is 14.4. The number of rotatable bonds is 9. The SMILES string of the molecule is CC#CCC(NC(=O)OCC1c2ccccc2-c2ccccc21)C(=O)NCC1CC(CC(=O)O)C1. The topological polar surface area (TPSA) is 105 Å².